The third-order valence-corrected chi connectivity index (χ3v) is 24.4. The summed E-state index contributed by atoms with van der Waals surface area (Å²) in [7, 11) is 0. The third-order valence-electron chi connectivity index (χ3n) is 24.4. The predicted octanol–water partition coefficient (Wildman–Crippen LogP) is 17.2. The van der Waals surface area contributed by atoms with Gasteiger partial charge in [0.2, 0.25) is 0 Å². The van der Waals surface area contributed by atoms with E-state index in [1.54, 1.807) is 0 Å². The molecule has 15 aromatic carbocycles. The lowest BCUT2D eigenvalue weighted by atomic mass is 9.29. The van der Waals surface area contributed by atoms with Crippen LogP contribution in [0.25, 0.3) is 114 Å². The maximum atomic E-state index is 17.9. The topological polar surface area (TPSA) is 56.6 Å². The largest absolute Gasteiger partial charge is 0.458 e. The van der Waals surface area contributed by atoms with Gasteiger partial charge in [0.1, 0.15) is 80.6 Å². The molecular weight excluding hydrogens is 1320 g/mol. The number of nitrogens with zero attached hydrogens (tertiary/aromatic N) is 5. The standard InChI is InChI=1S/C90H42B3F4N5O4/c94-55-27-17-28-56(95)80(55)101-65-41-69-53(39-51(65)91-49-25-7-15-37-67(49)103-87-73-45-21-3-11-33-61(45)98-59-31-9-1-19-43(59)71(82(73)98)85(101)77(87)91)93-54-40-52-66(42-70(54)106-90-76-48-24-6-14-36-64(48)100-63-35-13-5-23-47(63)75(84(76)100)89(105-69)79(90)93)102(81-57(96)29-18-30-58(81)97)86-72-44-20-2-10-32-60(44)99-62-34-12-4-22-46(62)74(83(72)99)88-78(86)92(52)50-26-8-16-38-68(50)104-88/h1-42H. The first kappa shape index (κ1) is 55.1. The molecule has 12 heterocycles. The second-order valence-electron chi connectivity index (χ2n) is 29.2. The quantitative estimate of drug-likeness (QED) is 0.127. The fourth-order valence-electron chi connectivity index (χ4n) is 20.7. The van der Waals surface area contributed by atoms with Crippen LogP contribution in [0, 0.1) is 23.3 Å². The molecule has 0 bridgehead atoms. The van der Waals surface area contributed by atoms with Crippen molar-refractivity contribution in [2.75, 3.05) is 9.80 Å². The van der Waals surface area contributed by atoms with Gasteiger partial charge in [0.05, 0.1) is 82.6 Å². The van der Waals surface area contributed by atoms with Crippen molar-refractivity contribution in [1.29, 1.82) is 0 Å². The van der Waals surface area contributed by atoms with Crippen LogP contribution >= 0.6 is 0 Å². The summed E-state index contributed by atoms with van der Waals surface area (Å²) >= 11 is 0. The molecule has 16 heteroatoms. The number of fused-ring (bicyclic) bond motifs is 36. The molecule has 0 atom stereocenters. The first-order chi connectivity index (χ1) is 52.3. The van der Waals surface area contributed by atoms with Crippen molar-refractivity contribution in [3.05, 3.63) is 278 Å². The van der Waals surface area contributed by atoms with E-state index < -0.39 is 43.4 Å². The van der Waals surface area contributed by atoms with Gasteiger partial charge in [0.15, 0.2) is 0 Å². The summed E-state index contributed by atoms with van der Waals surface area (Å²) in [6.07, 6.45) is 0. The Labute approximate surface area is 597 Å². The lowest BCUT2D eigenvalue weighted by Crippen LogP contribution is -2.64. The summed E-state index contributed by atoms with van der Waals surface area (Å²) in [4.78, 5) is 3.62. The lowest BCUT2D eigenvalue weighted by Gasteiger charge is -2.43. The van der Waals surface area contributed by atoms with Crippen molar-refractivity contribution in [2.45, 2.75) is 0 Å². The molecule has 0 N–H and O–H groups in total. The van der Waals surface area contributed by atoms with Crippen LogP contribution in [0.3, 0.4) is 0 Å². The molecule has 0 saturated carbocycles. The number of benzene rings is 15. The summed E-state index contributed by atoms with van der Waals surface area (Å²) < 4.78 is 109. The maximum Gasteiger partial charge on any atom is 0.260 e. The number of anilines is 6. The molecule has 0 fully saturated rings. The van der Waals surface area contributed by atoms with Crippen LogP contribution < -0.4 is 77.9 Å². The normalized spacial score (nSPS) is 14.2. The van der Waals surface area contributed by atoms with E-state index in [0.29, 0.717) is 68.7 Å². The second kappa shape index (κ2) is 18.6. The Hall–Kier alpha value is -13.6. The number of halogens is 4. The number of aromatic nitrogens is 3. The van der Waals surface area contributed by atoms with Crippen LogP contribution in [0.4, 0.5) is 51.7 Å². The fraction of sp³-hybridized carbons (Fsp3) is 0. The first-order valence-electron chi connectivity index (χ1n) is 35.8. The molecular formula is C90H42B3F4N5O4. The number of ether oxygens (including phenoxy) is 4. The Morgan fingerprint density at radius 2 is 0.519 bits per heavy atom. The molecule has 6 aromatic heterocycles. The Kier molecular flexibility index (Phi) is 9.67. The Morgan fingerprint density at radius 3 is 0.877 bits per heavy atom. The molecule has 106 heavy (non-hydrogen) atoms. The number of hydrogen-bond acceptors (Lipinski definition) is 6. The summed E-state index contributed by atoms with van der Waals surface area (Å²) in [5.74, 6) is 1.61. The molecule has 0 radical (unpaired) electrons. The SMILES string of the molecule is Fc1cccc(F)c1N1c2cc3c(cc2B2c4ccccc4Oc4c2c1c1c2ccccc2n2c5ccccc5c4c12)B1c2cc4c(cc2Oc2c1c(c1c5ccccc5n5c6ccccc6c2c15)O3)N(c1c(F)cccc1F)c1c2c(c3c5ccccc5n5c6ccccc6c1c35)Oc1ccccc1B42. The van der Waals surface area contributed by atoms with Crippen LogP contribution in [0.5, 0.6) is 46.0 Å². The summed E-state index contributed by atoms with van der Waals surface area (Å²) in [5.41, 5.74) is 17.3. The monoisotopic (exact) mass is 1370 g/mol. The van der Waals surface area contributed by atoms with Gasteiger partial charge in [-0.05, 0) is 116 Å². The first-order valence-corrected chi connectivity index (χ1v) is 35.8. The maximum absolute atomic E-state index is 17.9. The zero-order chi connectivity index (χ0) is 68.9. The van der Waals surface area contributed by atoms with Crippen LogP contribution in [0.1, 0.15) is 0 Å². The molecule has 9 nitrogen and oxygen atoms in total. The van der Waals surface area contributed by atoms with E-state index in [9.17, 15) is 0 Å². The third kappa shape index (κ3) is 6.17. The Morgan fingerprint density at radius 1 is 0.236 bits per heavy atom. The van der Waals surface area contributed by atoms with Gasteiger partial charge in [-0.25, -0.2) is 17.6 Å². The van der Waals surface area contributed by atoms with E-state index in [4.69, 9.17) is 18.9 Å². The van der Waals surface area contributed by atoms with Crippen molar-refractivity contribution in [2.24, 2.45) is 0 Å². The predicted molar refractivity (Wildman–Crippen MR) is 420 cm³/mol. The van der Waals surface area contributed by atoms with Gasteiger partial charge < -0.3 is 41.9 Å². The average Bonchev–Trinajstić information content (AvgIpc) is 1.41. The van der Waals surface area contributed by atoms with Gasteiger partial charge in [-0.2, -0.15) is 0 Å². The van der Waals surface area contributed by atoms with Crippen LogP contribution in [-0.4, -0.2) is 33.3 Å². The molecule has 27 rings (SSSR count). The molecule has 0 saturated heterocycles. The number of hydrogen-bond donors (Lipinski definition) is 0. The zero-order valence-electron chi connectivity index (χ0n) is 55.4. The van der Waals surface area contributed by atoms with E-state index >= 15 is 17.6 Å². The van der Waals surface area contributed by atoms with Crippen molar-refractivity contribution in [3.63, 3.8) is 0 Å². The van der Waals surface area contributed by atoms with Crippen LogP contribution in [0.2, 0.25) is 0 Å². The molecule has 0 aliphatic carbocycles. The van der Waals surface area contributed by atoms with Gasteiger partial charge in [0, 0.05) is 72.1 Å². The number of para-hydroxylation sites is 10. The van der Waals surface area contributed by atoms with Gasteiger partial charge in [-0.1, -0.05) is 170 Å². The highest BCUT2D eigenvalue weighted by Crippen LogP contribution is 2.59. The number of rotatable bonds is 2. The molecule has 0 unspecified atom stereocenters. The Balaban J connectivity index is 0.816. The van der Waals surface area contributed by atoms with E-state index in [2.05, 4.69) is 147 Å². The fourth-order valence-corrected chi connectivity index (χ4v) is 20.7. The second-order valence-corrected chi connectivity index (χ2v) is 29.2. The lowest BCUT2D eigenvalue weighted by molar-refractivity contribution is 0.472. The van der Waals surface area contributed by atoms with Crippen molar-refractivity contribution in [1.82, 2.24) is 13.2 Å². The van der Waals surface area contributed by atoms with E-state index in [0.717, 1.165) is 163 Å². The van der Waals surface area contributed by atoms with E-state index in [1.165, 1.54) is 36.4 Å². The Bertz CT molecular complexity index is 7310. The molecule has 0 spiro atoms. The van der Waals surface area contributed by atoms with Crippen molar-refractivity contribution >= 4 is 218 Å². The van der Waals surface area contributed by atoms with E-state index in [-0.39, 0.29) is 11.4 Å². The van der Waals surface area contributed by atoms with Crippen molar-refractivity contribution < 1.29 is 36.5 Å². The minimum absolute atomic E-state index is 0.248. The smallest absolute Gasteiger partial charge is 0.260 e. The molecule has 21 aromatic rings. The van der Waals surface area contributed by atoms with Crippen molar-refractivity contribution in [3.8, 4) is 46.0 Å². The highest BCUT2D eigenvalue weighted by molar-refractivity contribution is 7.03. The summed E-state index contributed by atoms with van der Waals surface area (Å²) in [6, 6.07) is 83.0. The minimum atomic E-state index is -0.751. The van der Waals surface area contributed by atoms with Crippen LogP contribution in [0.15, 0.2) is 255 Å². The minimum Gasteiger partial charge on any atom is -0.458 e. The van der Waals surface area contributed by atoms with E-state index in [1.807, 2.05) is 94.7 Å². The highest BCUT2D eigenvalue weighted by Gasteiger charge is 2.53. The summed E-state index contributed by atoms with van der Waals surface area (Å²) in [6.45, 7) is -1.89. The van der Waals surface area contributed by atoms with Gasteiger partial charge in [0.25, 0.3) is 20.1 Å². The summed E-state index contributed by atoms with van der Waals surface area (Å²) in [5, 5.41) is 10.9. The van der Waals surface area contributed by atoms with Gasteiger partial charge >= 0.3 is 0 Å². The van der Waals surface area contributed by atoms with Crippen LogP contribution in [-0.2, 0) is 0 Å². The molecule has 6 aliphatic heterocycles. The van der Waals surface area contributed by atoms with Gasteiger partial charge in [-0.15, -0.1) is 0 Å². The average molecular weight is 1370 g/mol. The van der Waals surface area contributed by atoms with Gasteiger partial charge in [-0.3, -0.25) is 0 Å². The highest BCUT2D eigenvalue weighted by atomic mass is 19.1. The molecule has 488 valence electrons. The molecule has 0 amide bonds. The zero-order valence-corrected chi connectivity index (χ0v) is 55.4. The molecule has 6 aliphatic rings.